The van der Waals surface area contributed by atoms with Crippen molar-refractivity contribution in [2.45, 2.75) is 26.4 Å². The van der Waals surface area contributed by atoms with Gasteiger partial charge in [0.25, 0.3) is 0 Å². The topological polar surface area (TPSA) is 65.6 Å². The summed E-state index contributed by atoms with van der Waals surface area (Å²) in [6, 6.07) is 18.8. The van der Waals surface area contributed by atoms with E-state index >= 15 is 4.39 Å². The third-order valence-corrected chi connectivity index (χ3v) is 7.44. The van der Waals surface area contributed by atoms with Crippen LogP contribution in [0.2, 0.25) is 0 Å². The first kappa shape index (κ1) is 28.3. The van der Waals surface area contributed by atoms with Crippen LogP contribution in [0.4, 0.5) is 25.4 Å². The van der Waals surface area contributed by atoms with Crippen molar-refractivity contribution < 1.29 is 23.5 Å². The molecule has 2 saturated heterocycles. The van der Waals surface area contributed by atoms with E-state index in [-0.39, 0.29) is 17.8 Å². The normalized spacial score (nSPS) is 15.9. The third kappa shape index (κ3) is 5.94. The second-order valence-corrected chi connectivity index (χ2v) is 11.4. The maximum atomic E-state index is 15.3. The number of methoxy groups -OCH3 is 1. The van der Waals surface area contributed by atoms with Gasteiger partial charge in [0.15, 0.2) is 0 Å². The van der Waals surface area contributed by atoms with Crippen LogP contribution >= 0.6 is 0 Å². The van der Waals surface area contributed by atoms with Gasteiger partial charge in [-0.3, -0.25) is 4.90 Å². The molecular weight excluding hydrogens is 523 g/mol. The van der Waals surface area contributed by atoms with E-state index in [2.05, 4.69) is 17.0 Å². The summed E-state index contributed by atoms with van der Waals surface area (Å²) in [6.45, 7) is 9.19. The number of para-hydroxylation sites is 1. The maximum absolute atomic E-state index is 15.3. The van der Waals surface area contributed by atoms with Crippen LogP contribution in [0.25, 0.3) is 22.3 Å². The lowest BCUT2D eigenvalue weighted by molar-refractivity contribution is 0.0240. The second kappa shape index (κ2) is 11.3. The van der Waals surface area contributed by atoms with Crippen LogP contribution in [0.3, 0.4) is 0 Å². The van der Waals surface area contributed by atoms with E-state index in [0.29, 0.717) is 50.6 Å². The summed E-state index contributed by atoms with van der Waals surface area (Å²) in [7, 11) is 3.33. The number of halogens is 1. The molecule has 2 heterocycles. The van der Waals surface area contributed by atoms with E-state index < -0.39 is 11.4 Å². The van der Waals surface area contributed by atoms with Gasteiger partial charge in [0.1, 0.15) is 17.2 Å². The zero-order valence-corrected chi connectivity index (χ0v) is 24.3. The van der Waals surface area contributed by atoms with Crippen LogP contribution in [0.1, 0.15) is 20.8 Å². The molecule has 0 atom stereocenters. The van der Waals surface area contributed by atoms with Crippen molar-refractivity contribution in [3.05, 3.63) is 66.5 Å². The van der Waals surface area contributed by atoms with E-state index in [0.717, 1.165) is 22.4 Å². The van der Waals surface area contributed by atoms with Gasteiger partial charge < -0.3 is 24.2 Å². The van der Waals surface area contributed by atoms with Crippen molar-refractivity contribution in [3.8, 4) is 28.0 Å². The molecule has 41 heavy (non-hydrogen) atoms. The minimum atomic E-state index is -0.520. The van der Waals surface area contributed by atoms with E-state index in [9.17, 15) is 9.59 Å². The fourth-order valence-corrected chi connectivity index (χ4v) is 5.32. The van der Waals surface area contributed by atoms with Crippen molar-refractivity contribution in [1.29, 1.82) is 0 Å². The van der Waals surface area contributed by atoms with Gasteiger partial charge in [-0.05, 0) is 56.2 Å². The largest absolute Gasteiger partial charge is 0.495 e. The van der Waals surface area contributed by atoms with Gasteiger partial charge in [0.2, 0.25) is 0 Å². The lowest BCUT2D eigenvalue weighted by Crippen LogP contribution is -2.50. The minimum absolute atomic E-state index is 0.206. The molecular formula is C32H37FN4O4. The molecule has 0 bridgehead atoms. The summed E-state index contributed by atoms with van der Waals surface area (Å²) in [5.74, 6) is 0.189. The Kier molecular flexibility index (Phi) is 7.80. The van der Waals surface area contributed by atoms with Crippen molar-refractivity contribution in [3.63, 3.8) is 0 Å². The number of hydrogen-bond donors (Lipinski definition) is 0. The van der Waals surface area contributed by atoms with Crippen molar-refractivity contribution in [1.82, 2.24) is 9.80 Å². The maximum Gasteiger partial charge on any atom is 0.410 e. The number of urea groups is 1. The molecule has 2 fully saturated rings. The third-order valence-electron chi connectivity index (χ3n) is 7.44. The molecule has 9 heteroatoms. The number of piperazine rings is 1. The standard InChI is InChI=1S/C32H37FN4O4/c1-32(2,3)41-31(39)36-17-15-35(16-18-36)24-9-6-8-22(20-24)25-10-7-11-26(29(25)40-5)23-12-13-28(27(33)21-23)37-19-14-34(4)30(37)38/h6-13,20-21H,14-19H2,1-5H3. The van der Waals surface area contributed by atoms with Gasteiger partial charge in [0.05, 0.1) is 12.8 Å². The van der Waals surface area contributed by atoms with Crippen LogP contribution in [0.5, 0.6) is 5.75 Å². The second-order valence-electron chi connectivity index (χ2n) is 11.4. The summed E-state index contributed by atoms with van der Waals surface area (Å²) >= 11 is 0. The highest BCUT2D eigenvalue weighted by Gasteiger charge is 2.29. The van der Waals surface area contributed by atoms with Crippen LogP contribution < -0.4 is 14.5 Å². The Bertz CT molecular complexity index is 1450. The van der Waals surface area contributed by atoms with Crippen LogP contribution in [-0.4, -0.2) is 81.0 Å². The summed E-state index contributed by atoms with van der Waals surface area (Å²) in [5, 5.41) is 0. The molecule has 0 spiro atoms. The zero-order valence-electron chi connectivity index (χ0n) is 24.3. The molecule has 3 aromatic carbocycles. The molecule has 0 unspecified atom stereocenters. The predicted molar refractivity (Wildman–Crippen MR) is 159 cm³/mol. The number of nitrogens with zero attached hydrogens (tertiary/aromatic N) is 4. The molecule has 0 aliphatic carbocycles. The quantitative estimate of drug-likeness (QED) is 0.378. The van der Waals surface area contributed by atoms with Crippen molar-refractivity contribution >= 4 is 23.5 Å². The van der Waals surface area contributed by atoms with E-state index in [1.165, 1.54) is 11.0 Å². The number of hydrogen-bond acceptors (Lipinski definition) is 5. The Balaban J connectivity index is 1.37. The van der Waals surface area contributed by atoms with Crippen molar-refractivity contribution in [2.24, 2.45) is 0 Å². The molecule has 216 valence electrons. The van der Waals surface area contributed by atoms with Gasteiger partial charge in [-0.2, -0.15) is 0 Å². The summed E-state index contributed by atoms with van der Waals surface area (Å²) < 4.78 is 26.7. The summed E-state index contributed by atoms with van der Waals surface area (Å²) in [4.78, 5) is 31.9. The Morgan fingerprint density at radius 2 is 1.51 bits per heavy atom. The zero-order chi connectivity index (χ0) is 29.3. The number of anilines is 2. The highest BCUT2D eigenvalue weighted by molar-refractivity contribution is 5.94. The van der Waals surface area contributed by atoms with Crippen LogP contribution in [0, 0.1) is 5.82 Å². The fraction of sp³-hybridized carbons (Fsp3) is 0.375. The molecule has 3 aromatic rings. The van der Waals surface area contributed by atoms with Crippen LogP contribution in [-0.2, 0) is 4.74 Å². The minimum Gasteiger partial charge on any atom is -0.495 e. The number of carbonyl (C=O) groups is 2. The summed E-state index contributed by atoms with van der Waals surface area (Å²) in [6.07, 6.45) is -0.281. The monoisotopic (exact) mass is 560 g/mol. The molecule has 5 rings (SSSR count). The number of amides is 3. The number of likely N-dealkylation sites (N-methyl/N-ethyl adjacent to an activating group) is 1. The lowest BCUT2D eigenvalue weighted by Gasteiger charge is -2.37. The Morgan fingerprint density at radius 1 is 0.854 bits per heavy atom. The first-order valence-electron chi connectivity index (χ1n) is 13.9. The molecule has 0 saturated carbocycles. The molecule has 8 nitrogen and oxygen atoms in total. The number of benzene rings is 3. The van der Waals surface area contributed by atoms with Crippen molar-refractivity contribution in [2.75, 3.05) is 63.2 Å². The number of rotatable bonds is 5. The van der Waals surface area contributed by atoms with E-state index in [1.54, 1.807) is 30.0 Å². The summed E-state index contributed by atoms with van der Waals surface area (Å²) in [5.41, 5.74) is 4.09. The highest BCUT2D eigenvalue weighted by Crippen LogP contribution is 2.41. The fourth-order valence-electron chi connectivity index (χ4n) is 5.32. The molecule has 3 amide bonds. The average Bonchev–Trinajstić information content (AvgIpc) is 3.29. The average molecular weight is 561 g/mol. The molecule has 0 aromatic heterocycles. The SMILES string of the molecule is COc1c(-c2cccc(N3CCN(C(=O)OC(C)(C)C)CC3)c2)cccc1-c1ccc(N2CCN(C)C2=O)c(F)c1. The highest BCUT2D eigenvalue weighted by atomic mass is 19.1. The Morgan fingerprint density at radius 3 is 2.10 bits per heavy atom. The molecule has 0 radical (unpaired) electrons. The smallest absolute Gasteiger partial charge is 0.410 e. The number of carbonyl (C=O) groups excluding carboxylic acids is 2. The molecule has 2 aliphatic rings. The van der Waals surface area contributed by atoms with Gasteiger partial charge in [0, 0.05) is 63.1 Å². The van der Waals surface area contributed by atoms with Gasteiger partial charge >= 0.3 is 12.1 Å². The van der Waals surface area contributed by atoms with Gasteiger partial charge in [-0.15, -0.1) is 0 Å². The lowest BCUT2D eigenvalue weighted by atomic mass is 9.96. The predicted octanol–water partition coefficient (Wildman–Crippen LogP) is 6.10. The number of ether oxygens (including phenoxy) is 2. The van der Waals surface area contributed by atoms with E-state index in [1.807, 2.05) is 57.2 Å². The first-order valence-corrected chi connectivity index (χ1v) is 13.9. The van der Waals surface area contributed by atoms with Gasteiger partial charge in [-0.1, -0.05) is 36.4 Å². The Hall–Kier alpha value is -4.27. The molecule has 0 N–H and O–H groups in total. The Labute approximate surface area is 240 Å². The van der Waals surface area contributed by atoms with Crippen LogP contribution in [0.15, 0.2) is 60.7 Å². The first-order chi connectivity index (χ1) is 19.6. The van der Waals surface area contributed by atoms with E-state index in [4.69, 9.17) is 9.47 Å². The van der Waals surface area contributed by atoms with Gasteiger partial charge in [-0.25, -0.2) is 14.0 Å². The molecule has 2 aliphatic heterocycles.